The summed E-state index contributed by atoms with van der Waals surface area (Å²) >= 11 is 0. The molecule has 9 nitrogen and oxygen atoms in total. The minimum atomic E-state index is 0.639. The summed E-state index contributed by atoms with van der Waals surface area (Å²) in [5.41, 5.74) is 7.62. The third-order valence-corrected chi connectivity index (χ3v) is 5.55. The van der Waals surface area contributed by atoms with Gasteiger partial charge in [-0.25, -0.2) is 9.97 Å². The van der Waals surface area contributed by atoms with Crippen molar-refractivity contribution < 1.29 is 0 Å². The number of imidazole rings is 1. The van der Waals surface area contributed by atoms with E-state index < -0.39 is 0 Å². The fraction of sp³-hybridized carbons (Fsp3) is 0.0833. The van der Waals surface area contributed by atoms with Gasteiger partial charge < -0.3 is 9.88 Å². The van der Waals surface area contributed by atoms with Gasteiger partial charge in [-0.15, -0.1) is 0 Å². The zero-order valence-electron chi connectivity index (χ0n) is 18.0. The molecule has 0 spiro atoms. The lowest BCUT2D eigenvalue weighted by atomic mass is 10.1. The second kappa shape index (κ2) is 7.49. The molecule has 0 fully saturated rings. The molecule has 0 aliphatic heterocycles. The Bertz CT molecular complexity index is 1600. The van der Waals surface area contributed by atoms with Crippen LogP contribution in [0.1, 0.15) is 0 Å². The molecule has 6 aromatic rings. The van der Waals surface area contributed by atoms with Gasteiger partial charge in [-0.2, -0.15) is 5.10 Å². The summed E-state index contributed by atoms with van der Waals surface area (Å²) in [6.45, 7) is 0. The molecule has 0 radical (unpaired) electrons. The molecule has 160 valence electrons. The summed E-state index contributed by atoms with van der Waals surface area (Å²) in [6, 6.07) is 9.92. The number of H-pyrrole nitrogens is 2. The number of rotatable bonds is 4. The van der Waals surface area contributed by atoms with Gasteiger partial charge in [0.1, 0.15) is 11.2 Å². The Morgan fingerprint density at radius 3 is 2.61 bits per heavy atom. The second-order valence-corrected chi connectivity index (χ2v) is 7.90. The van der Waals surface area contributed by atoms with Gasteiger partial charge in [0.25, 0.3) is 0 Å². The Morgan fingerprint density at radius 1 is 0.879 bits per heavy atom. The molecule has 0 saturated heterocycles. The predicted molar refractivity (Wildman–Crippen MR) is 128 cm³/mol. The zero-order chi connectivity index (χ0) is 22.4. The van der Waals surface area contributed by atoms with E-state index >= 15 is 0 Å². The highest BCUT2D eigenvalue weighted by atomic mass is 15.2. The first kappa shape index (κ1) is 19.1. The first-order chi connectivity index (χ1) is 16.2. The van der Waals surface area contributed by atoms with E-state index in [2.05, 4.69) is 47.2 Å². The van der Waals surface area contributed by atoms with Crippen molar-refractivity contribution in [3.63, 3.8) is 0 Å². The highest BCUT2D eigenvalue weighted by Crippen LogP contribution is 2.31. The van der Waals surface area contributed by atoms with Crippen LogP contribution in [0.5, 0.6) is 0 Å². The summed E-state index contributed by atoms with van der Waals surface area (Å²) in [5.74, 6) is 0.639. The standard InChI is InChI=1S/C24H19N9/c1-33(2)16-7-14(9-25-11-16)15-8-17-22(31-32-23(17)28-10-15)24-29-20-13-26-12-18(21(20)30-24)19-5-3-4-6-27-19/h3-13H,1-2H3,(H,29,30)(H,28,31,32). The van der Waals surface area contributed by atoms with Crippen molar-refractivity contribution in [3.05, 3.63) is 67.5 Å². The number of fused-ring (bicyclic) bond motifs is 2. The molecule has 0 unspecified atom stereocenters. The average Bonchev–Trinajstić information content (AvgIpc) is 3.48. The van der Waals surface area contributed by atoms with Gasteiger partial charge in [0.05, 0.1) is 34.7 Å². The molecule has 0 aliphatic rings. The first-order valence-electron chi connectivity index (χ1n) is 10.4. The highest BCUT2D eigenvalue weighted by molar-refractivity contribution is 5.96. The molecule has 0 aromatic carbocycles. The van der Waals surface area contributed by atoms with Crippen molar-refractivity contribution in [2.45, 2.75) is 0 Å². The van der Waals surface area contributed by atoms with Gasteiger partial charge in [-0.1, -0.05) is 6.07 Å². The van der Waals surface area contributed by atoms with Crippen LogP contribution in [0.15, 0.2) is 67.5 Å². The molecule has 0 atom stereocenters. The molecule has 0 saturated carbocycles. The van der Waals surface area contributed by atoms with E-state index in [1.807, 2.05) is 55.8 Å². The Balaban J connectivity index is 1.48. The normalized spacial score (nSPS) is 11.3. The maximum Gasteiger partial charge on any atom is 0.159 e. The van der Waals surface area contributed by atoms with Gasteiger partial charge in [0.2, 0.25) is 0 Å². The average molecular weight is 433 g/mol. The van der Waals surface area contributed by atoms with Gasteiger partial charge in [0.15, 0.2) is 11.5 Å². The first-order valence-corrected chi connectivity index (χ1v) is 10.4. The van der Waals surface area contributed by atoms with E-state index in [-0.39, 0.29) is 0 Å². The lowest BCUT2D eigenvalue weighted by molar-refractivity contribution is 1.09. The van der Waals surface area contributed by atoms with Crippen molar-refractivity contribution >= 4 is 27.8 Å². The van der Waals surface area contributed by atoms with Crippen LogP contribution in [0.3, 0.4) is 0 Å². The topological polar surface area (TPSA) is 112 Å². The Hall–Kier alpha value is -4.66. The van der Waals surface area contributed by atoms with E-state index in [1.54, 1.807) is 18.6 Å². The third-order valence-electron chi connectivity index (χ3n) is 5.55. The SMILES string of the molecule is CN(C)c1cncc(-c2cnc3[nH]nc(-c4nc5c(-c6ccccn6)cncc5[nH]4)c3c2)c1. The maximum atomic E-state index is 4.86. The molecular formula is C24H19N9. The number of aromatic nitrogens is 8. The second-order valence-electron chi connectivity index (χ2n) is 7.90. The largest absolute Gasteiger partial charge is 0.376 e. The van der Waals surface area contributed by atoms with Crippen LogP contribution in [0.25, 0.3) is 56.0 Å². The van der Waals surface area contributed by atoms with Crippen molar-refractivity contribution in [3.8, 4) is 33.9 Å². The van der Waals surface area contributed by atoms with E-state index in [0.29, 0.717) is 17.2 Å². The van der Waals surface area contributed by atoms with Gasteiger partial charge in [-0.3, -0.25) is 20.1 Å². The molecule has 0 bridgehead atoms. The summed E-state index contributed by atoms with van der Waals surface area (Å²) in [6.07, 6.45) is 10.8. The fourth-order valence-electron chi connectivity index (χ4n) is 3.83. The lowest BCUT2D eigenvalue weighted by Crippen LogP contribution is -2.08. The van der Waals surface area contributed by atoms with E-state index in [0.717, 1.165) is 44.5 Å². The summed E-state index contributed by atoms with van der Waals surface area (Å²) < 4.78 is 0. The number of hydrogen-bond donors (Lipinski definition) is 2. The Morgan fingerprint density at radius 2 is 1.76 bits per heavy atom. The van der Waals surface area contributed by atoms with Gasteiger partial charge in [0, 0.05) is 55.6 Å². The minimum Gasteiger partial charge on any atom is -0.376 e. The highest BCUT2D eigenvalue weighted by Gasteiger charge is 2.17. The molecule has 6 heterocycles. The zero-order valence-corrected chi connectivity index (χ0v) is 18.0. The fourth-order valence-corrected chi connectivity index (χ4v) is 3.83. The van der Waals surface area contributed by atoms with Crippen LogP contribution in [-0.4, -0.2) is 54.2 Å². The van der Waals surface area contributed by atoms with Crippen LogP contribution in [-0.2, 0) is 0 Å². The van der Waals surface area contributed by atoms with Gasteiger partial charge >= 0.3 is 0 Å². The van der Waals surface area contributed by atoms with Crippen molar-refractivity contribution in [2.24, 2.45) is 0 Å². The van der Waals surface area contributed by atoms with Gasteiger partial charge in [-0.05, 0) is 24.3 Å². The molecule has 0 amide bonds. The molecule has 9 heteroatoms. The van der Waals surface area contributed by atoms with Crippen LogP contribution < -0.4 is 4.90 Å². The molecule has 6 rings (SSSR count). The van der Waals surface area contributed by atoms with Crippen molar-refractivity contribution in [1.29, 1.82) is 0 Å². The monoisotopic (exact) mass is 433 g/mol. The number of aromatic amines is 2. The summed E-state index contributed by atoms with van der Waals surface area (Å²) in [7, 11) is 3.98. The molecule has 0 aliphatic carbocycles. The van der Waals surface area contributed by atoms with E-state index in [4.69, 9.17) is 4.98 Å². The predicted octanol–water partition coefficient (Wildman–Crippen LogP) is 4.09. The maximum absolute atomic E-state index is 4.86. The smallest absolute Gasteiger partial charge is 0.159 e. The molecule has 6 aromatic heterocycles. The number of pyridine rings is 4. The van der Waals surface area contributed by atoms with E-state index in [1.165, 1.54) is 0 Å². The number of nitrogens with zero attached hydrogens (tertiary/aromatic N) is 7. The Kier molecular flexibility index (Phi) is 4.32. The van der Waals surface area contributed by atoms with E-state index in [9.17, 15) is 0 Å². The number of hydrogen-bond acceptors (Lipinski definition) is 7. The van der Waals surface area contributed by atoms with Crippen LogP contribution in [0.2, 0.25) is 0 Å². The summed E-state index contributed by atoms with van der Waals surface area (Å²) in [4.78, 5) is 28.0. The quantitative estimate of drug-likeness (QED) is 0.431. The summed E-state index contributed by atoms with van der Waals surface area (Å²) in [5, 5.41) is 8.38. The van der Waals surface area contributed by atoms with Crippen LogP contribution in [0.4, 0.5) is 5.69 Å². The van der Waals surface area contributed by atoms with Crippen LogP contribution in [0, 0.1) is 0 Å². The van der Waals surface area contributed by atoms with Crippen molar-refractivity contribution in [2.75, 3.05) is 19.0 Å². The Labute approximate surface area is 188 Å². The third kappa shape index (κ3) is 3.26. The number of nitrogens with one attached hydrogen (secondary N) is 2. The minimum absolute atomic E-state index is 0.639. The number of anilines is 1. The molecule has 2 N–H and O–H groups in total. The molecule has 33 heavy (non-hydrogen) atoms. The van der Waals surface area contributed by atoms with Crippen molar-refractivity contribution in [1.82, 2.24) is 40.1 Å². The molecular weight excluding hydrogens is 414 g/mol. The van der Waals surface area contributed by atoms with Crippen LogP contribution >= 0.6 is 0 Å². The lowest BCUT2D eigenvalue weighted by Gasteiger charge is -2.12.